The normalized spacial score (nSPS) is 22.5. The lowest BCUT2D eigenvalue weighted by Gasteiger charge is -2.32. The number of nitrogens with one attached hydrogen (secondary N) is 1. The van der Waals surface area contributed by atoms with Gasteiger partial charge >= 0.3 is 0 Å². The van der Waals surface area contributed by atoms with Crippen LogP contribution in [0.25, 0.3) is 0 Å². The van der Waals surface area contributed by atoms with Crippen LogP contribution < -0.4 is 11.1 Å². The molecule has 17 heavy (non-hydrogen) atoms. The molecule has 1 saturated heterocycles. The van der Waals surface area contributed by atoms with Crippen molar-refractivity contribution in [3.05, 3.63) is 0 Å². The third-order valence-electron chi connectivity index (χ3n) is 3.61. The van der Waals surface area contributed by atoms with Crippen LogP contribution in [0.2, 0.25) is 0 Å². The predicted molar refractivity (Wildman–Crippen MR) is 70.8 cm³/mol. The van der Waals surface area contributed by atoms with E-state index in [4.69, 9.17) is 5.73 Å². The molecule has 1 aliphatic heterocycles. The molecule has 0 aromatic rings. The van der Waals surface area contributed by atoms with Crippen molar-refractivity contribution in [3.63, 3.8) is 0 Å². The molecule has 1 amide bonds. The highest BCUT2D eigenvalue weighted by Gasteiger charge is 2.22. The minimum atomic E-state index is -0.282. The average Bonchev–Trinajstić information content (AvgIpc) is 2.27. The van der Waals surface area contributed by atoms with E-state index in [1.165, 1.54) is 25.8 Å². The van der Waals surface area contributed by atoms with Crippen molar-refractivity contribution in [2.75, 3.05) is 20.1 Å². The van der Waals surface area contributed by atoms with Crippen LogP contribution in [0.3, 0.4) is 0 Å². The molecule has 0 aromatic carbocycles. The molecule has 1 fully saturated rings. The summed E-state index contributed by atoms with van der Waals surface area (Å²) in [6.45, 7) is 5.55. The number of likely N-dealkylation sites (tertiary alicyclic amines) is 1. The fraction of sp³-hybridized carbons (Fsp3) is 0.923. The maximum atomic E-state index is 11.8. The highest BCUT2D eigenvalue weighted by atomic mass is 16.1. The molecule has 100 valence electrons. The van der Waals surface area contributed by atoms with Crippen molar-refractivity contribution in [2.24, 2.45) is 5.73 Å². The van der Waals surface area contributed by atoms with Crippen LogP contribution in [0.5, 0.6) is 0 Å². The molecule has 4 heteroatoms. The van der Waals surface area contributed by atoms with E-state index in [0.29, 0.717) is 19.0 Å². The molecule has 1 heterocycles. The van der Waals surface area contributed by atoms with E-state index in [1.807, 2.05) is 13.8 Å². The molecule has 1 aliphatic rings. The van der Waals surface area contributed by atoms with Crippen LogP contribution in [0.1, 0.15) is 46.0 Å². The van der Waals surface area contributed by atoms with Gasteiger partial charge in [0.25, 0.3) is 0 Å². The summed E-state index contributed by atoms with van der Waals surface area (Å²) >= 11 is 0. The Labute approximate surface area is 105 Å². The minimum absolute atomic E-state index is 0.124. The Bertz CT molecular complexity index is 253. The quantitative estimate of drug-likeness (QED) is 0.758. The number of nitrogens with two attached hydrogens (primary N) is 1. The highest BCUT2D eigenvalue weighted by molar-refractivity contribution is 5.76. The Balaban J connectivity index is 2.27. The van der Waals surface area contributed by atoms with Crippen LogP contribution in [0.4, 0.5) is 0 Å². The van der Waals surface area contributed by atoms with Gasteiger partial charge in [0, 0.05) is 24.5 Å². The first kappa shape index (κ1) is 14.5. The van der Waals surface area contributed by atoms with E-state index in [1.54, 1.807) is 0 Å². The highest BCUT2D eigenvalue weighted by Crippen LogP contribution is 2.19. The summed E-state index contributed by atoms with van der Waals surface area (Å²) in [6.07, 6.45) is 5.38. The Morgan fingerprint density at radius 2 is 2.18 bits per heavy atom. The van der Waals surface area contributed by atoms with Crippen LogP contribution in [0, 0.1) is 0 Å². The number of hydrogen-bond donors (Lipinski definition) is 2. The molecule has 0 aliphatic carbocycles. The van der Waals surface area contributed by atoms with Gasteiger partial charge in [-0.2, -0.15) is 0 Å². The van der Waals surface area contributed by atoms with Gasteiger partial charge in [-0.3, -0.25) is 4.79 Å². The minimum Gasteiger partial charge on any atom is -0.350 e. The Morgan fingerprint density at radius 1 is 1.47 bits per heavy atom. The summed E-state index contributed by atoms with van der Waals surface area (Å²) in [6, 6.07) is 0.579. The molecule has 0 bridgehead atoms. The summed E-state index contributed by atoms with van der Waals surface area (Å²) in [4.78, 5) is 14.2. The summed E-state index contributed by atoms with van der Waals surface area (Å²) in [5.41, 5.74) is 5.31. The first-order chi connectivity index (χ1) is 7.94. The second-order valence-electron chi connectivity index (χ2n) is 5.81. The number of carbonyl (C=O) groups excluding carboxylic acids is 1. The maximum absolute atomic E-state index is 11.8. The van der Waals surface area contributed by atoms with Gasteiger partial charge in [-0.1, -0.05) is 6.42 Å². The largest absolute Gasteiger partial charge is 0.350 e. The topological polar surface area (TPSA) is 58.4 Å². The monoisotopic (exact) mass is 241 g/mol. The second kappa shape index (κ2) is 6.36. The molecule has 4 nitrogen and oxygen atoms in total. The number of carbonyl (C=O) groups is 1. The second-order valence-corrected chi connectivity index (χ2v) is 5.81. The Morgan fingerprint density at radius 3 is 2.76 bits per heavy atom. The van der Waals surface area contributed by atoms with Crippen molar-refractivity contribution in [3.8, 4) is 0 Å². The van der Waals surface area contributed by atoms with E-state index < -0.39 is 0 Å². The zero-order valence-electron chi connectivity index (χ0n) is 11.5. The van der Waals surface area contributed by atoms with Gasteiger partial charge in [-0.05, 0) is 46.7 Å². The van der Waals surface area contributed by atoms with E-state index in [0.717, 1.165) is 6.42 Å². The van der Waals surface area contributed by atoms with Crippen LogP contribution in [-0.2, 0) is 4.79 Å². The zero-order chi connectivity index (χ0) is 12.9. The first-order valence-corrected chi connectivity index (χ1v) is 6.66. The van der Waals surface area contributed by atoms with Gasteiger partial charge in [0.1, 0.15) is 0 Å². The van der Waals surface area contributed by atoms with Crippen LogP contribution in [0.15, 0.2) is 0 Å². The van der Waals surface area contributed by atoms with Crippen molar-refractivity contribution >= 4 is 5.91 Å². The lowest BCUT2D eigenvalue weighted by Crippen LogP contribution is -2.49. The van der Waals surface area contributed by atoms with Gasteiger partial charge in [0.05, 0.1) is 0 Å². The van der Waals surface area contributed by atoms with E-state index in [2.05, 4.69) is 17.3 Å². The third kappa shape index (κ3) is 5.04. The summed E-state index contributed by atoms with van der Waals surface area (Å²) in [5.74, 6) is 0.124. The fourth-order valence-corrected chi connectivity index (χ4v) is 2.30. The van der Waals surface area contributed by atoms with Crippen molar-refractivity contribution < 1.29 is 4.79 Å². The summed E-state index contributed by atoms with van der Waals surface area (Å²) in [7, 11) is 2.16. The number of rotatable bonds is 5. The lowest BCUT2D eigenvalue weighted by atomic mass is 9.98. The molecule has 0 saturated carbocycles. The predicted octanol–water partition coefficient (Wildman–Crippen LogP) is 1.10. The number of hydrogen-bond acceptors (Lipinski definition) is 3. The molecule has 3 N–H and O–H groups in total. The zero-order valence-corrected chi connectivity index (χ0v) is 11.5. The molecule has 0 spiro atoms. The number of nitrogens with zero attached hydrogens (tertiary/aromatic N) is 1. The fourth-order valence-electron chi connectivity index (χ4n) is 2.30. The standard InChI is InChI=1S/C13H27N3O/c1-13(2,10-14)15-12(17)8-7-11-6-4-5-9-16(11)3/h11H,4-10,14H2,1-3H3,(H,15,17). The summed E-state index contributed by atoms with van der Waals surface area (Å²) < 4.78 is 0. The third-order valence-corrected chi connectivity index (χ3v) is 3.61. The first-order valence-electron chi connectivity index (χ1n) is 6.66. The number of amides is 1. The maximum Gasteiger partial charge on any atom is 0.220 e. The Kier molecular flexibility index (Phi) is 5.40. The number of piperidine rings is 1. The molecule has 1 unspecified atom stereocenters. The van der Waals surface area contributed by atoms with Crippen molar-refractivity contribution in [1.82, 2.24) is 10.2 Å². The van der Waals surface area contributed by atoms with E-state index >= 15 is 0 Å². The SMILES string of the molecule is CN1CCCCC1CCC(=O)NC(C)(C)CN. The van der Waals surface area contributed by atoms with Gasteiger partial charge in [0.15, 0.2) is 0 Å². The van der Waals surface area contributed by atoms with Crippen molar-refractivity contribution in [2.45, 2.75) is 57.5 Å². The van der Waals surface area contributed by atoms with Crippen LogP contribution >= 0.6 is 0 Å². The van der Waals surface area contributed by atoms with Gasteiger partial charge in [-0.25, -0.2) is 0 Å². The van der Waals surface area contributed by atoms with Crippen molar-refractivity contribution in [1.29, 1.82) is 0 Å². The lowest BCUT2D eigenvalue weighted by molar-refractivity contribution is -0.123. The van der Waals surface area contributed by atoms with Gasteiger partial charge in [-0.15, -0.1) is 0 Å². The molecular weight excluding hydrogens is 214 g/mol. The molecule has 1 rings (SSSR count). The molecule has 1 atom stereocenters. The average molecular weight is 241 g/mol. The molecule has 0 radical (unpaired) electrons. The smallest absolute Gasteiger partial charge is 0.220 e. The van der Waals surface area contributed by atoms with E-state index in [-0.39, 0.29) is 11.4 Å². The van der Waals surface area contributed by atoms with Gasteiger partial charge in [0.2, 0.25) is 5.91 Å². The summed E-state index contributed by atoms with van der Waals surface area (Å²) in [5, 5.41) is 2.98. The molecule has 0 aromatic heterocycles. The van der Waals surface area contributed by atoms with Gasteiger partial charge < -0.3 is 16.0 Å². The molecular formula is C13H27N3O. The Hall–Kier alpha value is -0.610. The van der Waals surface area contributed by atoms with Crippen LogP contribution in [-0.4, -0.2) is 42.5 Å². The van der Waals surface area contributed by atoms with E-state index in [9.17, 15) is 4.79 Å².